The largest absolute Gasteiger partial charge is 0.311 e. The van der Waals surface area contributed by atoms with E-state index in [4.69, 9.17) is 0 Å². The summed E-state index contributed by atoms with van der Waals surface area (Å²) in [6, 6.07) is -0.0185. The first kappa shape index (κ1) is 9.47. The summed E-state index contributed by atoms with van der Waals surface area (Å²) in [5.41, 5.74) is 0. The number of nitrogens with zero attached hydrogens (tertiary/aromatic N) is 2. The zero-order chi connectivity index (χ0) is 9.14. The van der Waals surface area contributed by atoms with Crippen LogP contribution in [0.15, 0.2) is 0 Å². The van der Waals surface area contributed by atoms with Crippen molar-refractivity contribution < 1.29 is 8.78 Å². The summed E-state index contributed by atoms with van der Waals surface area (Å²) >= 11 is 0.939. The lowest BCUT2D eigenvalue weighted by Crippen LogP contribution is -2.11. The number of hydrogen-bond acceptors (Lipinski definition) is 4. The molecule has 6 heteroatoms. The molecule has 0 aliphatic carbocycles. The van der Waals surface area contributed by atoms with Gasteiger partial charge in [0.25, 0.3) is 6.43 Å². The van der Waals surface area contributed by atoms with Crippen LogP contribution < -0.4 is 5.32 Å². The lowest BCUT2D eigenvalue weighted by Gasteiger charge is -2.02. The van der Waals surface area contributed by atoms with E-state index in [-0.39, 0.29) is 11.0 Å². The van der Waals surface area contributed by atoms with Crippen LogP contribution in [0, 0.1) is 0 Å². The van der Waals surface area contributed by atoms with Crippen molar-refractivity contribution in [1.82, 2.24) is 15.5 Å². The van der Waals surface area contributed by atoms with Gasteiger partial charge in [0, 0.05) is 0 Å². The van der Waals surface area contributed by atoms with Crippen molar-refractivity contribution in [2.45, 2.75) is 19.4 Å². The van der Waals surface area contributed by atoms with Gasteiger partial charge < -0.3 is 5.32 Å². The van der Waals surface area contributed by atoms with Crippen LogP contribution in [0.4, 0.5) is 8.78 Å². The summed E-state index contributed by atoms with van der Waals surface area (Å²) in [4.78, 5) is 0. The van der Waals surface area contributed by atoms with Crippen molar-refractivity contribution in [2.75, 3.05) is 7.05 Å². The third kappa shape index (κ3) is 1.95. The first-order valence-corrected chi connectivity index (χ1v) is 4.25. The van der Waals surface area contributed by atoms with Crippen LogP contribution in [0.3, 0.4) is 0 Å². The van der Waals surface area contributed by atoms with E-state index in [2.05, 4.69) is 15.5 Å². The molecule has 0 spiro atoms. The smallest absolute Gasteiger partial charge is 0.291 e. The molecule has 0 radical (unpaired) electrons. The minimum atomic E-state index is -2.51. The topological polar surface area (TPSA) is 37.8 Å². The Bertz CT molecular complexity index is 251. The lowest BCUT2D eigenvalue weighted by molar-refractivity contribution is 0.150. The van der Waals surface area contributed by atoms with Crippen molar-refractivity contribution in [2.24, 2.45) is 0 Å². The van der Waals surface area contributed by atoms with Crippen molar-refractivity contribution in [1.29, 1.82) is 0 Å². The van der Waals surface area contributed by atoms with Crippen molar-refractivity contribution in [3.63, 3.8) is 0 Å². The maximum absolute atomic E-state index is 12.0. The third-order valence-corrected chi connectivity index (χ3v) is 2.56. The molecular weight excluding hydrogens is 184 g/mol. The molecule has 1 aromatic rings. The molecule has 1 N–H and O–H groups in total. The average molecular weight is 193 g/mol. The van der Waals surface area contributed by atoms with Crippen LogP contribution in [0.2, 0.25) is 0 Å². The van der Waals surface area contributed by atoms with E-state index in [1.54, 1.807) is 7.05 Å². The number of alkyl halides is 2. The van der Waals surface area contributed by atoms with Gasteiger partial charge in [0.2, 0.25) is 0 Å². The summed E-state index contributed by atoms with van der Waals surface area (Å²) < 4.78 is 24.1. The summed E-state index contributed by atoms with van der Waals surface area (Å²) in [6.07, 6.45) is -2.51. The van der Waals surface area contributed by atoms with Gasteiger partial charge >= 0.3 is 0 Å². The highest BCUT2D eigenvalue weighted by Crippen LogP contribution is 2.25. The minimum absolute atomic E-state index is 0.0185. The Morgan fingerprint density at radius 3 is 2.33 bits per heavy atom. The first-order valence-electron chi connectivity index (χ1n) is 3.44. The molecule has 0 aliphatic heterocycles. The van der Waals surface area contributed by atoms with Gasteiger partial charge in [0.15, 0.2) is 5.01 Å². The Labute approximate surface area is 72.8 Å². The second-order valence-electron chi connectivity index (χ2n) is 2.29. The number of hydrogen-bond donors (Lipinski definition) is 1. The van der Waals surface area contributed by atoms with Gasteiger partial charge in [0.05, 0.1) is 6.04 Å². The van der Waals surface area contributed by atoms with E-state index >= 15 is 0 Å². The fourth-order valence-electron chi connectivity index (χ4n) is 0.633. The molecule has 0 saturated carbocycles. The molecule has 0 aromatic carbocycles. The summed E-state index contributed by atoms with van der Waals surface area (Å²) in [5.74, 6) is 0. The quantitative estimate of drug-likeness (QED) is 0.794. The zero-order valence-electron chi connectivity index (χ0n) is 6.71. The average Bonchev–Trinajstić information content (AvgIpc) is 2.51. The normalized spacial score (nSPS) is 13.8. The van der Waals surface area contributed by atoms with Gasteiger partial charge in [-0.05, 0) is 14.0 Å². The van der Waals surface area contributed by atoms with Crippen molar-refractivity contribution in [3.8, 4) is 0 Å². The van der Waals surface area contributed by atoms with E-state index < -0.39 is 6.43 Å². The maximum atomic E-state index is 12.0. The fourth-order valence-corrected chi connectivity index (χ4v) is 1.39. The van der Waals surface area contributed by atoms with E-state index in [0.29, 0.717) is 5.01 Å². The highest BCUT2D eigenvalue weighted by Gasteiger charge is 2.16. The summed E-state index contributed by atoms with van der Waals surface area (Å²) in [7, 11) is 1.74. The van der Waals surface area contributed by atoms with Crippen LogP contribution in [0.5, 0.6) is 0 Å². The molecule has 0 fully saturated rings. The molecule has 1 heterocycles. The van der Waals surface area contributed by atoms with Crippen LogP contribution in [-0.4, -0.2) is 17.2 Å². The number of halogens is 2. The van der Waals surface area contributed by atoms with E-state index in [0.717, 1.165) is 11.3 Å². The summed E-state index contributed by atoms with van der Waals surface area (Å²) in [6.45, 7) is 1.84. The monoisotopic (exact) mass is 193 g/mol. The third-order valence-electron chi connectivity index (χ3n) is 1.45. The molecule has 68 valence electrons. The van der Waals surface area contributed by atoms with Crippen LogP contribution in [0.25, 0.3) is 0 Å². The molecular formula is C6H9F2N3S. The Kier molecular flexibility index (Phi) is 3.05. The molecule has 0 saturated heterocycles. The zero-order valence-corrected chi connectivity index (χ0v) is 7.53. The van der Waals surface area contributed by atoms with Crippen LogP contribution in [0.1, 0.15) is 29.4 Å². The van der Waals surface area contributed by atoms with Crippen molar-refractivity contribution in [3.05, 3.63) is 10.0 Å². The molecule has 0 bridgehead atoms. The van der Waals surface area contributed by atoms with Gasteiger partial charge in [-0.25, -0.2) is 8.78 Å². The van der Waals surface area contributed by atoms with Gasteiger partial charge in [-0.3, -0.25) is 0 Å². The number of rotatable bonds is 3. The Morgan fingerprint density at radius 1 is 1.33 bits per heavy atom. The van der Waals surface area contributed by atoms with Gasteiger partial charge in [-0.2, -0.15) is 0 Å². The predicted octanol–water partition coefficient (Wildman–Crippen LogP) is 1.76. The highest BCUT2D eigenvalue weighted by atomic mass is 32.1. The van der Waals surface area contributed by atoms with Crippen molar-refractivity contribution >= 4 is 11.3 Å². The predicted molar refractivity (Wildman–Crippen MR) is 42.3 cm³/mol. The Hall–Kier alpha value is -0.620. The highest BCUT2D eigenvalue weighted by molar-refractivity contribution is 7.11. The Morgan fingerprint density at radius 2 is 1.92 bits per heavy atom. The maximum Gasteiger partial charge on any atom is 0.291 e. The number of aromatic nitrogens is 2. The minimum Gasteiger partial charge on any atom is -0.311 e. The SMILES string of the molecule is CNC(C)c1nnc(C(F)F)s1. The number of nitrogens with one attached hydrogen (secondary N) is 1. The fraction of sp³-hybridized carbons (Fsp3) is 0.667. The second kappa shape index (κ2) is 3.86. The van der Waals surface area contributed by atoms with Gasteiger partial charge in [0.1, 0.15) is 5.01 Å². The molecule has 1 unspecified atom stereocenters. The Balaban J connectivity index is 2.77. The van der Waals surface area contributed by atoms with Crippen LogP contribution in [-0.2, 0) is 0 Å². The molecule has 12 heavy (non-hydrogen) atoms. The summed E-state index contributed by atoms with van der Waals surface area (Å²) in [5, 5.41) is 10.3. The standard InChI is InChI=1S/C6H9F2N3S/c1-3(9-2)5-10-11-6(12-5)4(7)8/h3-4,9H,1-2H3. The molecule has 1 atom stereocenters. The lowest BCUT2D eigenvalue weighted by atomic mass is 10.4. The van der Waals surface area contributed by atoms with Crippen LogP contribution >= 0.6 is 11.3 Å². The van der Waals surface area contributed by atoms with E-state index in [1.165, 1.54) is 0 Å². The van der Waals surface area contributed by atoms with E-state index in [1.807, 2.05) is 6.92 Å². The van der Waals surface area contributed by atoms with Gasteiger partial charge in [-0.15, -0.1) is 10.2 Å². The second-order valence-corrected chi connectivity index (χ2v) is 3.33. The van der Waals surface area contributed by atoms with Gasteiger partial charge in [-0.1, -0.05) is 11.3 Å². The first-order chi connectivity index (χ1) is 5.65. The molecule has 1 aromatic heterocycles. The molecule has 3 nitrogen and oxygen atoms in total. The molecule has 0 amide bonds. The molecule has 0 aliphatic rings. The molecule has 1 rings (SSSR count). The van der Waals surface area contributed by atoms with E-state index in [9.17, 15) is 8.78 Å².